The Morgan fingerprint density at radius 2 is 1.78 bits per heavy atom. The predicted octanol–water partition coefficient (Wildman–Crippen LogP) is 3.01. The van der Waals surface area contributed by atoms with Crippen LogP contribution in [0.15, 0.2) is 11.5 Å². The molecule has 0 aromatic rings. The minimum atomic E-state index is 0.724. The summed E-state index contributed by atoms with van der Waals surface area (Å²) in [6.07, 6.45) is 6.82. The van der Waals surface area contributed by atoms with Gasteiger partial charge >= 0.3 is 0 Å². The van der Waals surface area contributed by atoms with Gasteiger partial charge in [-0.05, 0) is 23.7 Å². The maximum Gasteiger partial charge on any atom is -0.0110 e. The molecular formula is C8H14S. The fourth-order valence-corrected chi connectivity index (χ4v) is 1.69. The van der Waals surface area contributed by atoms with Gasteiger partial charge in [0.05, 0.1) is 0 Å². The lowest BCUT2D eigenvalue weighted by molar-refractivity contribution is 0.416. The third-order valence-electron chi connectivity index (χ3n) is 2.08. The van der Waals surface area contributed by atoms with Crippen LogP contribution in [-0.2, 0) is 0 Å². The second-order valence-electron chi connectivity index (χ2n) is 2.83. The summed E-state index contributed by atoms with van der Waals surface area (Å²) in [5.74, 6) is 0.724. The Labute approximate surface area is 62.8 Å². The zero-order chi connectivity index (χ0) is 6.69. The number of allylic oxidation sites excluding steroid dienone is 1. The molecule has 0 heterocycles. The van der Waals surface area contributed by atoms with Crippen LogP contribution in [0.5, 0.6) is 0 Å². The zero-order valence-electron chi connectivity index (χ0n) is 5.77. The molecule has 0 saturated heterocycles. The molecule has 1 heteroatoms. The van der Waals surface area contributed by atoms with Crippen LogP contribution in [0.25, 0.3) is 0 Å². The highest BCUT2D eigenvalue weighted by Crippen LogP contribution is 2.29. The second kappa shape index (κ2) is 3.31. The monoisotopic (exact) mass is 142 g/mol. The van der Waals surface area contributed by atoms with E-state index in [4.69, 9.17) is 0 Å². The summed E-state index contributed by atoms with van der Waals surface area (Å²) in [6.45, 7) is 3.84. The van der Waals surface area contributed by atoms with Crippen LogP contribution in [0, 0.1) is 5.92 Å². The van der Waals surface area contributed by atoms with Crippen LogP contribution in [0.1, 0.15) is 32.1 Å². The van der Waals surface area contributed by atoms with Crippen molar-refractivity contribution in [3.8, 4) is 0 Å². The van der Waals surface area contributed by atoms with Gasteiger partial charge in [-0.1, -0.05) is 25.8 Å². The van der Waals surface area contributed by atoms with Crippen LogP contribution in [0.2, 0.25) is 0 Å². The topological polar surface area (TPSA) is 0 Å². The van der Waals surface area contributed by atoms with Gasteiger partial charge in [0, 0.05) is 0 Å². The SMILES string of the molecule is C=C(S)C1CCCCC1. The van der Waals surface area contributed by atoms with E-state index in [1.807, 2.05) is 0 Å². The van der Waals surface area contributed by atoms with Crippen molar-refractivity contribution >= 4 is 12.6 Å². The molecule has 0 nitrogen and oxygen atoms in total. The highest BCUT2D eigenvalue weighted by atomic mass is 32.1. The summed E-state index contributed by atoms with van der Waals surface area (Å²) in [4.78, 5) is 1.09. The van der Waals surface area contributed by atoms with E-state index in [9.17, 15) is 0 Å². The summed E-state index contributed by atoms with van der Waals surface area (Å²) in [5.41, 5.74) is 0. The molecule has 0 unspecified atom stereocenters. The standard InChI is InChI=1S/C8H14S/c1-7(9)8-5-3-2-4-6-8/h8-9H,1-6H2. The quantitative estimate of drug-likeness (QED) is 0.534. The Morgan fingerprint density at radius 3 is 2.11 bits per heavy atom. The Morgan fingerprint density at radius 1 is 1.22 bits per heavy atom. The van der Waals surface area contributed by atoms with Crippen molar-refractivity contribution in [2.45, 2.75) is 32.1 Å². The maximum absolute atomic E-state index is 4.25. The van der Waals surface area contributed by atoms with Gasteiger partial charge < -0.3 is 0 Å². The Hall–Kier alpha value is 0.0900. The number of thiol groups is 1. The molecule has 0 atom stereocenters. The minimum Gasteiger partial charge on any atom is -0.148 e. The first-order valence-corrected chi connectivity index (χ1v) is 4.13. The lowest BCUT2D eigenvalue weighted by Crippen LogP contribution is -2.04. The largest absolute Gasteiger partial charge is 0.148 e. The molecule has 1 aliphatic carbocycles. The Balaban J connectivity index is 2.31. The third-order valence-corrected chi connectivity index (χ3v) is 2.44. The molecule has 0 aliphatic heterocycles. The van der Waals surface area contributed by atoms with E-state index in [1.165, 1.54) is 32.1 Å². The molecule has 0 N–H and O–H groups in total. The lowest BCUT2D eigenvalue weighted by Gasteiger charge is -2.20. The van der Waals surface area contributed by atoms with Gasteiger partial charge in [0.15, 0.2) is 0 Å². The van der Waals surface area contributed by atoms with E-state index in [-0.39, 0.29) is 0 Å². The van der Waals surface area contributed by atoms with Gasteiger partial charge in [-0.3, -0.25) is 0 Å². The first-order valence-electron chi connectivity index (χ1n) is 3.68. The van der Waals surface area contributed by atoms with E-state index in [1.54, 1.807) is 0 Å². The van der Waals surface area contributed by atoms with E-state index >= 15 is 0 Å². The van der Waals surface area contributed by atoms with Gasteiger partial charge in [0.2, 0.25) is 0 Å². The summed E-state index contributed by atoms with van der Waals surface area (Å²) in [7, 11) is 0. The molecule has 1 aliphatic rings. The normalized spacial score (nSPS) is 21.9. The molecule has 0 amide bonds. The number of hydrogen-bond donors (Lipinski definition) is 1. The van der Waals surface area contributed by atoms with Crippen molar-refractivity contribution in [1.29, 1.82) is 0 Å². The van der Waals surface area contributed by atoms with Crippen LogP contribution in [-0.4, -0.2) is 0 Å². The second-order valence-corrected chi connectivity index (χ2v) is 3.40. The number of hydrogen-bond acceptors (Lipinski definition) is 1. The molecular weight excluding hydrogens is 128 g/mol. The fraction of sp³-hybridized carbons (Fsp3) is 0.750. The van der Waals surface area contributed by atoms with Crippen LogP contribution in [0.4, 0.5) is 0 Å². The van der Waals surface area contributed by atoms with Crippen molar-refractivity contribution in [2.75, 3.05) is 0 Å². The average molecular weight is 142 g/mol. The van der Waals surface area contributed by atoms with Gasteiger partial charge in [0.1, 0.15) is 0 Å². The summed E-state index contributed by atoms with van der Waals surface area (Å²) >= 11 is 4.25. The summed E-state index contributed by atoms with van der Waals surface area (Å²) in [5, 5.41) is 0. The van der Waals surface area contributed by atoms with Crippen molar-refractivity contribution in [1.82, 2.24) is 0 Å². The summed E-state index contributed by atoms with van der Waals surface area (Å²) in [6, 6.07) is 0. The molecule has 0 spiro atoms. The van der Waals surface area contributed by atoms with Crippen molar-refractivity contribution in [3.63, 3.8) is 0 Å². The molecule has 0 bridgehead atoms. The van der Waals surface area contributed by atoms with Crippen LogP contribution in [0.3, 0.4) is 0 Å². The van der Waals surface area contributed by atoms with E-state index in [0.717, 1.165) is 10.8 Å². The van der Waals surface area contributed by atoms with E-state index < -0.39 is 0 Å². The Kier molecular flexibility index (Phi) is 2.65. The first kappa shape index (κ1) is 7.20. The molecule has 0 aromatic carbocycles. The molecule has 0 radical (unpaired) electrons. The van der Waals surface area contributed by atoms with Gasteiger partial charge in [0.25, 0.3) is 0 Å². The molecule has 0 aromatic heterocycles. The Bertz CT molecular complexity index is 101. The van der Waals surface area contributed by atoms with Crippen molar-refractivity contribution in [2.24, 2.45) is 5.92 Å². The average Bonchev–Trinajstić information content (AvgIpc) is 1.90. The number of rotatable bonds is 1. The molecule has 52 valence electrons. The lowest BCUT2D eigenvalue weighted by atomic mass is 9.89. The molecule has 1 fully saturated rings. The highest BCUT2D eigenvalue weighted by Gasteiger charge is 2.13. The van der Waals surface area contributed by atoms with Gasteiger partial charge in [-0.2, -0.15) is 0 Å². The zero-order valence-corrected chi connectivity index (χ0v) is 6.66. The highest BCUT2D eigenvalue weighted by molar-refractivity contribution is 7.84. The van der Waals surface area contributed by atoms with Gasteiger partial charge in [-0.15, -0.1) is 12.6 Å². The minimum absolute atomic E-state index is 0.724. The van der Waals surface area contributed by atoms with E-state index in [2.05, 4.69) is 19.2 Å². The molecule has 1 saturated carbocycles. The maximum atomic E-state index is 4.25. The third kappa shape index (κ3) is 2.05. The van der Waals surface area contributed by atoms with Crippen molar-refractivity contribution < 1.29 is 0 Å². The van der Waals surface area contributed by atoms with E-state index in [0.29, 0.717) is 0 Å². The van der Waals surface area contributed by atoms with Gasteiger partial charge in [-0.25, -0.2) is 0 Å². The van der Waals surface area contributed by atoms with Crippen LogP contribution < -0.4 is 0 Å². The van der Waals surface area contributed by atoms with Crippen LogP contribution >= 0.6 is 12.6 Å². The molecule has 9 heavy (non-hydrogen) atoms. The summed E-state index contributed by atoms with van der Waals surface area (Å²) < 4.78 is 0. The first-order chi connectivity index (χ1) is 4.30. The molecule has 1 rings (SSSR count). The van der Waals surface area contributed by atoms with Crippen molar-refractivity contribution in [3.05, 3.63) is 11.5 Å². The fourth-order valence-electron chi connectivity index (χ4n) is 1.44. The smallest absolute Gasteiger partial charge is 0.0110 e. The predicted molar refractivity (Wildman–Crippen MR) is 44.7 cm³/mol.